The quantitative estimate of drug-likeness (QED) is 0.599. The third-order valence-corrected chi connectivity index (χ3v) is 2.57. The van der Waals surface area contributed by atoms with Gasteiger partial charge in [-0.3, -0.25) is 9.59 Å². The maximum atomic E-state index is 13.7. The molecule has 0 bridgehead atoms. The van der Waals surface area contributed by atoms with E-state index in [1.54, 1.807) is 0 Å². The number of benzene rings is 1. The molecule has 0 unspecified atom stereocenters. The SMILES string of the molecule is COCCNC(=O)CN(C)c1c(F)cc(C=O)cc1F. The summed E-state index contributed by atoms with van der Waals surface area (Å²) in [5, 5.41) is 2.54. The molecule has 7 heteroatoms. The zero-order valence-electron chi connectivity index (χ0n) is 11.3. The van der Waals surface area contributed by atoms with Crippen LogP contribution in [-0.2, 0) is 9.53 Å². The number of carbonyl (C=O) groups is 2. The van der Waals surface area contributed by atoms with Crippen molar-refractivity contribution in [1.29, 1.82) is 0 Å². The molecule has 20 heavy (non-hydrogen) atoms. The Kier molecular flexibility index (Phi) is 6.05. The molecule has 1 amide bonds. The standard InChI is InChI=1S/C13H16F2N2O3/c1-17(7-12(19)16-3-4-20-2)13-10(14)5-9(8-18)6-11(13)15/h5-6,8H,3-4,7H2,1-2H3,(H,16,19). The summed E-state index contributed by atoms with van der Waals surface area (Å²) in [6.45, 7) is 0.461. The fourth-order valence-electron chi connectivity index (χ4n) is 1.66. The molecule has 110 valence electrons. The second kappa shape index (κ2) is 7.54. The predicted molar refractivity (Wildman–Crippen MR) is 69.9 cm³/mol. The molecular formula is C13H16F2N2O3. The van der Waals surface area contributed by atoms with Crippen LogP contribution in [0, 0.1) is 11.6 Å². The first-order valence-corrected chi connectivity index (χ1v) is 5.90. The Hall–Kier alpha value is -2.02. The van der Waals surface area contributed by atoms with E-state index in [0.717, 1.165) is 17.0 Å². The van der Waals surface area contributed by atoms with Crippen LogP contribution in [0.15, 0.2) is 12.1 Å². The number of likely N-dealkylation sites (N-methyl/N-ethyl adjacent to an activating group) is 1. The molecule has 0 atom stereocenters. The van der Waals surface area contributed by atoms with E-state index in [1.807, 2.05) is 0 Å². The molecule has 0 radical (unpaired) electrons. The molecule has 0 saturated heterocycles. The zero-order chi connectivity index (χ0) is 15.1. The number of hydrogen-bond donors (Lipinski definition) is 1. The highest BCUT2D eigenvalue weighted by Gasteiger charge is 2.17. The number of nitrogens with zero attached hydrogens (tertiary/aromatic N) is 1. The third-order valence-electron chi connectivity index (χ3n) is 2.57. The summed E-state index contributed by atoms with van der Waals surface area (Å²) >= 11 is 0. The van der Waals surface area contributed by atoms with Crippen molar-refractivity contribution in [3.63, 3.8) is 0 Å². The first kappa shape index (κ1) is 16.0. The van der Waals surface area contributed by atoms with E-state index in [0.29, 0.717) is 19.4 Å². The normalized spacial score (nSPS) is 10.2. The van der Waals surface area contributed by atoms with Gasteiger partial charge in [0.25, 0.3) is 0 Å². The van der Waals surface area contributed by atoms with Gasteiger partial charge < -0.3 is 15.0 Å². The van der Waals surface area contributed by atoms with Gasteiger partial charge in [0.1, 0.15) is 23.6 Å². The average Bonchev–Trinajstić information content (AvgIpc) is 2.37. The summed E-state index contributed by atoms with van der Waals surface area (Å²) in [5.74, 6) is -2.17. The third kappa shape index (κ3) is 4.27. The Morgan fingerprint density at radius 1 is 1.40 bits per heavy atom. The van der Waals surface area contributed by atoms with Gasteiger partial charge in [0, 0.05) is 26.3 Å². The van der Waals surface area contributed by atoms with Crippen LogP contribution < -0.4 is 10.2 Å². The van der Waals surface area contributed by atoms with Gasteiger partial charge in [-0.2, -0.15) is 0 Å². The average molecular weight is 286 g/mol. The maximum absolute atomic E-state index is 13.7. The molecule has 0 aliphatic carbocycles. The van der Waals surface area contributed by atoms with Crippen LogP contribution in [0.1, 0.15) is 10.4 Å². The number of aldehydes is 1. The Bertz CT molecular complexity index is 471. The summed E-state index contributed by atoms with van der Waals surface area (Å²) in [5.41, 5.74) is -0.445. The molecular weight excluding hydrogens is 270 g/mol. The van der Waals surface area contributed by atoms with Gasteiger partial charge in [-0.1, -0.05) is 0 Å². The number of rotatable bonds is 7. The molecule has 1 rings (SSSR count). The van der Waals surface area contributed by atoms with E-state index >= 15 is 0 Å². The van der Waals surface area contributed by atoms with Crippen LogP contribution in [0.3, 0.4) is 0 Å². The summed E-state index contributed by atoms with van der Waals surface area (Å²) in [6, 6.07) is 1.84. The Balaban J connectivity index is 2.74. The van der Waals surface area contributed by atoms with Gasteiger partial charge in [-0.15, -0.1) is 0 Å². The lowest BCUT2D eigenvalue weighted by Gasteiger charge is -2.20. The minimum absolute atomic E-state index is 0.0957. The Labute approximate surface area is 115 Å². The topological polar surface area (TPSA) is 58.6 Å². The number of ether oxygens (including phenoxy) is 1. The Morgan fingerprint density at radius 3 is 2.50 bits per heavy atom. The second-order valence-corrected chi connectivity index (χ2v) is 4.15. The van der Waals surface area contributed by atoms with E-state index in [4.69, 9.17) is 4.74 Å². The van der Waals surface area contributed by atoms with Crippen molar-refractivity contribution in [2.75, 3.05) is 38.8 Å². The van der Waals surface area contributed by atoms with Crippen LogP contribution >= 0.6 is 0 Å². The van der Waals surface area contributed by atoms with Gasteiger partial charge in [0.2, 0.25) is 5.91 Å². The molecule has 0 aliphatic rings. The molecule has 0 spiro atoms. The number of methoxy groups -OCH3 is 1. The van der Waals surface area contributed by atoms with Crippen molar-refractivity contribution < 1.29 is 23.1 Å². The van der Waals surface area contributed by atoms with Crippen LogP contribution in [0.2, 0.25) is 0 Å². The minimum Gasteiger partial charge on any atom is -0.383 e. The highest BCUT2D eigenvalue weighted by atomic mass is 19.1. The van der Waals surface area contributed by atoms with Crippen LogP contribution in [-0.4, -0.2) is 46.0 Å². The van der Waals surface area contributed by atoms with Crippen molar-refractivity contribution in [3.05, 3.63) is 29.3 Å². The lowest BCUT2D eigenvalue weighted by atomic mass is 10.2. The summed E-state index contributed by atoms with van der Waals surface area (Å²) in [7, 11) is 2.88. The molecule has 0 aliphatic heterocycles. The van der Waals surface area contributed by atoms with Crippen molar-refractivity contribution in [2.24, 2.45) is 0 Å². The molecule has 1 aromatic rings. The smallest absolute Gasteiger partial charge is 0.239 e. The second-order valence-electron chi connectivity index (χ2n) is 4.15. The summed E-state index contributed by atoms with van der Waals surface area (Å²) < 4.78 is 32.2. The number of carbonyl (C=O) groups excluding carboxylic acids is 2. The molecule has 1 N–H and O–H groups in total. The molecule has 0 aromatic heterocycles. The van der Waals surface area contributed by atoms with E-state index in [-0.39, 0.29) is 23.7 Å². The summed E-state index contributed by atoms with van der Waals surface area (Å²) in [6.07, 6.45) is 0.355. The highest BCUT2D eigenvalue weighted by Crippen LogP contribution is 2.23. The maximum Gasteiger partial charge on any atom is 0.239 e. The van der Waals surface area contributed by atoms with Gasteiger partial charge in [-0.05, 0) is 12.1 Å². The van der Waals surface area contributed by atoms with E-state index < -0.39 is 11.6 Å². The fourth-order valence-corrected chi connectivity index (χ4v) is 1.66. The van der Waals surface area contributed by atoms with Crippen molar-refractivity contribution in [2.45, 2.75) is 0 Å². The van der Waals surface area contributed by atoms with Crippen molar-refractivity contribution in [1.82, 2.24) is 5.32 Å². The van der Waals surface area contributed by atoms with Crippen molar-refractivity contribution >= 4 is 17.9 Å². The van der Waals surface area contributed by atoms with Crippen LogP contribution in [0.25, 0.3) is 0 Å². The van der Waals surface area contributed by atoms with Gasteiger partial charge in [0.05, 0.1) is 13.2 Å². The van der Waals surface area contributed by atoms with E-state index in [1.165, 1.54) is 14.2 Å². The number of halogens is 2. The molecule has 0 saturated carbocycles. The predicted octanol–water partition coefficient (Wildman–Crippen LogP) is 0.976. The first-order chi connectivity index (χ1) is 9.49. The minimum atomic E-state index is -0.890. The molecule has 0 heterocycles. The summed E-state index contributed by atoms with van der Waals surface area (Å²) in [4.78, 5) is 23.2. The molecule has 0 fully saturated rings. The first-order valence-electron chi connectivity index (χ1n) is 5.90. The highest BCUT2D eigenvalue weighted by molar-refractivity contribution is 5.82. The zero-order valence-corrected chi connectivity index (χ0v) is 11.3. The van der Waals surface area contributed by atoms with Gasteiger partial charge >= 0.3 is 0 Å². The number of amides is 1. The lowest BCUT2D eigenvalue weighted by Crippen LogP contribution is -2.37. The molecule has 5 nitrogen and oxygen atoms in total. The fraction of sp³-hybridized carbons (Fsp3) is 0.385. The van der Waals surface area contributed by atoms with Crippen molar-refractivity contribution in [3.8, 4) is 0 Å². The lowest BCUT2D eigenvalue weighted by molar-refractivity contribution is -0.119. The number of anilines is 1. The van der Waals surface area contributed by atoms with E-state index in [2.05, 4.69) is 5.32 Å². The van der Waals surface area contributed by atoms with Crippen LogP contribution in [0.4, 0.5) is 14.5 Å². The largest absolute Gasteiger partial charge is 0.383 e. The Morgan fingerprint density at radius 2 is 2.00 bits per heavy atom. The van der Waals surface area contributed by atoms with Crippen LogP contribution in [0.5, 0.6) is 0 Å². The van der Waals surface area contributed by atoms with Gasteiger partial charge in [-0.25, -0.2) is 8.78 Å². The number of hydrogen-bond acceptors (Lipinski definition) is 4. The van der Waals surface area contributed by atoms with E-state index in [9.17, 15) is 18.4 Å². The number of nitrogens with one attached hydrogen (secondary N) is 1. The molecule has 1 aromatic carbocycles. The van der Waals surface area contributed by atoms with Gasteiger partial charge in [0.15, 0.2) is 0 Å². The monoisotopic (exact) mass is 286 g/mol.